The second kappa shape index (κ2) is 5.89. The van der Waals surface area contributed by atoms with Gasteiger partial charge in [-0.1, -0.05) is 6.07 Å². The van der Waals surface area contributed by atoms with E-state index in [1.165, 1.54) is 0 Å². The molecule has 1 amide bonds. The molecule has 3 heterocycles. The summed E-state index contributed by atoms with van der Waals surface area (Å²) in [6, 6.07) is 3.96. The van der Waals surface area contributed by atoms with E-state index in [1.54, 1.807) is 11.1 Å². The molecule has 0 radical (unpaired) electrons. The number of pyridine rings is 1. The Morgan fingerprint density at radius 3 is 2.95 bits per heavy atom. The molecule has 20 heavy (non-hydrogen) atoms. The van der Waals surface area contributed by atoms with E-state index in [9.17, 15) is 4.79 Å². The fourth-order valence-corrected chi connectivity index (χ4v) is 3.00. The average Bonchev–Trinajstić information content (AvgIpc) is 3.17. The zero-order chi connectivity index (χ0) is 13.9. The number of carbonyl (C=O) groups excluding carboxylic acids is 1. The quantitative estimate of drug-likeness (QED) is 0.840. The molecule has 1 aromatic rings. The minimum Gasteiger partial charge on any atom is -0.371 e. The molecule has 0 saturated carbocycles. The van der Waals surface area contributed by atoms with Gasteiger partial charge in [0.1, 0.15) is 12.2 Å². The van der Waals surface area contributed by atoms with Crippen molar-refractivity contribution in [2.24, 2.45) is 0 Å². The lowest BCUT2D eigenvalue weighted by atomic mass is 10.0. The molecule has 3 rings (SSSR count). The lowest BCUT2D eigenvalue weighted by molar-refractivity contribution is -0.142. The molecule has 0 aliphatic carbocycles. The van der Waals surface area contributed by atoms with Crippen molar-refractivity contribution in [1.29, 1.82) is 0 Å². The third-order valence-corrected chi connectivity index (χ3v) is 4.12. The van der Waals surface area contributed by atoms with E-state index in [4.69, 9.17) is 9.47 Å². The highest BCUT2D eigenvalue weighted by atomic mass is 16.5. The van der Waals surface area contributed by atoms with Gasteiger partial charge in [0, 0.05) is 38.2 Å². The lowest BCUT2D eigenvalue weighted by Gasteiger charge is -2.30. The maximum Gasteiger partial charge on any atom is 0.251 e. The Labute approximate surface area is 118 Å². The minimum absolute atomic E-state index is 0.0656. The van der Waals surface area contributed by atoms with Gasteiger partial charge in [-0.05, 0) is 25.3 Å². The maximum atomic E-state index is 12.4. The zero-order valence-corrected chi connectivity index (χ0v) is 11.7. The van der Waals surface area contributed by atoms with Crippen LogP contribution in [0.1, 0.15) is 30.9 Å². The number of amides is 1. The van der Waals surface area contributed by atoms with Crippen LogP contribution >= 0.6 is 0 Å². The molecule has 0 spiro atoms. The predicted octanol–water partition coefficient (Wildman–Crippen LogP) is 1.55. The summed E-state index contributed by atoms with van der Waals surface area (Å²) in [6.45, 7) is 1.37. The molecule has 2 saturated heterocycles. The predicted molar refractivity (Wildman–Crippen MR) is 73.1 cm³/mol. The van der Waals surface area contributed by atoms with Crippen LogP contribution < -0.4 is 0 Å². The van der Waals surface area contributed by atoms with Crippen molar-refractivity contribution in [3.63, 3.8) is 0 Å². The molecule has 108 valence electrons. The Bertz CT molecular complexity index is 459. The van der Waals surface area contributed by atoms with E-state index in [0.29, 0.717) is 13.2 Å². The molecule has 5 nitrogen and oxygen atoms in total. The van der Waals surface area contributed by atoms with Gasteiger partial charge in [0.15, 0.2) is 0 Å². The molecule has 0 unspecified atom stereocenters. The van der Waals surface area contributed by atoms with Gasteiger partial charge in [-0.15, -0.1) is 0 Å². The molecule has 2 aliphatic heterocycles. The van der Waals surface area contributed by atoms with E-state index in [0.717, 1.165) is 24.8 Å². The van der Waals surface area contributed by atoms with Crippen LogP contribution in [0.2, 0.25) is 0 Å². The van der Waals surface area contributed by atoms with Gasteiger partial charge in [-0.2, -0.15) is 0 Å². The molecule has 2 aliphatic rings. The molecular weight excluding hydrogens is 256 g/mol. The van der Waals surface area contributed by atoms with Crippen LogP contribution in [0.3, 0.4) is 0 Å². The van der Waals surface area contributed by atoms with E-state index in [-0.39, 0.29) is 24.2 Å². The average molecular weight is 276 g/mol. The first kappa shape index (κ1) is 13.5. The summed E-state index contributed by atoms with van der Waals surface area (Å²) in [5.74, 6) is 0.0758. The first-order valence-corrected chi connectivity index (χ1v) is 7.17. The number of nitrogens with zero attached hydrogens (tertiary/aromatic N) is 2. The number of hydrogen-bond acceptors (Lipinski definition) is 4. The number of ether oxygens (including phenoxy) is 2. The summed E-state index contributed by atoms with van der Waals surface area (Å²) in [6.07, 6.45) is 5.86. The van der Waals surface area contributed by atoms with Crippen LogP contribution in [0.25, 0.3) is 0 Å². The van der Waals surface area contributed by atoms with Crippen molar-refractivity contribution < 1.29 is 14.3 Å². The van der Waals surface area contributed by atoms with E-state index in [2.05, 4.69) is 4.98 Å². The monoisotopic (exact) mass is 276 g/mol. The highest BCUT2D eigenvalue weighted by molar-refractivity contribution is 5.81. The van der Waals surface area contributed by atoms with Crippen molar-refractivity contribution in [2.45, 2.75) is 37.5 Å². The summed E-state index contributed by atoms with van der Waals surface area (Å²) >= 11 is 0. The largest absolute Gasteiger partial charge is 0.371 e. The van der Waals surface area contributed by atoms with Crippen molar-refractivity contribution in [3.8, 4) is 0 Å². The SMILES string of the molecule is CN(C(=O)[C@H]1CCCO1)[C@H]1CCO[C@@H]1c1cccnc1. The van der Waals surface area contributed by atoms with Gasteiger partial charge in [0.2, 0.25) is 0 Å². The third-order valence-electron chi connectivity index (χ3n) is 4.12. The zero-order valence-electron chi connectivity index (χ0n) is 11.7. The normalized spacial score (nSPS) is 29.6. The van der Waals surface area contributed by atoms with Crippen molar-refractivity contribution >= 4 is 5.91 Å². The van der Waals surface area contributed by atoms with Crippen molar-refractivity contribution in [2.75, 3.05) is 20.3 Å². The summed E-state index contributed by atoms with van der Waals surface area (Å²) in [5.41, 5.74) is 1.03. The second-order valence-corrected chi connectivity index (χ2v) is 5.38. The number of likely N-dealkylation sites (N-methyl/N-ethyl adjacent to an activating group) is 1. The molecule has 0 bridgehead atoms. The van der Waals surface area contributed by atoms with E-state index < -0.39 is 0 Å². The number of hydrogen-bond donors (Lipinski definition) is 0. The van der Waals surface area contributed by atoms with Crippen LogP contribution in [0, 0.1) is 0 Å². The summed E-state index contributed by atoms with van der Waals surface area (Å²) in [7, 11) is 1.85. The lowest BCUT2D eigenvalue weighted by Crippen LogP contribution is -2.44. The standard InChI is InChI=1S/C15H20N2O3/c1-17(15(18)13-5-3-8-19-13)12-6-9-20-14(12)11-4-2-7-16-10-11/h2,4,7,10,12-14H,3,5-6,8-9H2,1H3/t12-,13+,14+/m0/s1. The summed E-state index contributed by atoms with van der Waals surface area (Å²) in [4.78, 5) is 18.4. The van der Waals surface area contributed by atoms with Gasteiger partial charge in [-0.25, -0.2) is 0 Å². The van der Waals surface area contributed by atoms with Gasteiger partial charge in [0.05, 0.1) is 6.04 Å². The Kier molecular flexibility index (Phi) is 3.98. The van der Waals surface area contributed by atoms with Gasteiger partial charge >= 0.3 is 0 Å². The van der Waals surface area contributed by atoms with Crippen molar-refractivity contribution in [1.82, 2.24) is 9.88 Å². The summed E-state index contributed by atoms with van der Waals surface area (Å²) in [5, 5.41) is 0. The highest BCUT2D eigenvalue weighted by Gasteiger charge is 2.37. The number of rotatable bonds is 3. The first-order valence-electron chi connectivity index (χ1n) is 7.17. The molecule has 1 aromatic heterocycles. The van der Waals surface area contributed by atoms with E-state index in [1.807, 2.05) is 25.4 Å². The minimum atomic E-state index is -0.268. The molecular formula is C15H20N2O3. The maximum absolute atomic E-state index is 12.4. The molecule has 2 fully saturated rings. The fraction of sp³-hybridized carbons (Fsp3) is 0.600. The summed E-state index contributed by atoms with van der Waals surface area (Å²) < 4.78 is 11.3. The first-order chi connectivity index (χ1) is 9.77. The van der Waals surface area contributed by atoms with E-state index >= 15 is 0 Å². The van der Waals surface area contributed by atoms with Crippen LogP contribution in [-0.4, -0.2) is 48.2 Å². The number of carbonyl (C=O) groups is 1. The van der Waals surface area contributed by atoms with Crippen LogP contribution in [0.15, 0.2) is 24.5 Å². The molecule has 3 atom stereocenters. The van der Waals surface area contributed by atoms with Crippen molar-refractivity contribution in [3.05, 3.63) is 30.1 Å². The third kappa shape index (κ3) is 2.55. The number of aromatic nitrogens is 1. The Balaban J connectivity index is 1.73. The highest BCUT2D eigenvalue weighted by Crippen LogP contribution is 2.32. The van der Waals surface area contributed by atoms with Crippen LogP contribution in [-0.2, 0) is 14.3 Å². The van der Waals surface area contributed by atoms with Gasteiger partial charge in [-0.3, -0.25) is 9.78 Å². The Hall–Kier alpha value is -1.46. The molecule has 0 aromatic carbocycles. The Morgan fingerprint density at radius 2 is 2.25 bits per heavy atom. The van der Waals surface area contributed by atoms with Crippen LogP contribution in [0.4, 0.5) is 0 Å². The van der Waals surface area contributed by atoms with Crippen LogP contribution in [0.5, 0.6) is 0 Å². The topological polar surface area (TPSA) is 51.7 Å². The van der Waals surface area contributed by atoms with Gasteiger partial charge < -0.3 is 14.4 Å². The second-order valence-electron chi connectivity index (χ2n) is 5.38. The smallest absolute Gasteiger partial charge is 0.251 e. The Morgan fingerprint density at radius 1 is 1.35 bits per heavy atom. The fourth-order valence-electron chi connectivity index (χ4n) is 3.00. The molecule has 0 N–H and O–H groups in total. The molecule has 5 heteroatoms. The van der Waals surface area contributed by atoms with Gasteiger partial charge in [0.25, 0.3) is 5.91 Å².